The third-order valence-electron chi connectivity index (χ3n) is 2.69. The average molecular weight is 374 g/mol. The van der Waals surface area contributed by atoms with Crippen LogP contribution in [0.5, 0.6) is 11.5 Å². The zero-order chi connectivity index (χ0) is 13.0. The monoisotopic (exact) mass is 372 g/mol. The van der Waals surface area contributed by atoms with E-state index in [0.717, 1.165) is 39.2 Å². The van der Waals surface area contributed by atoms with Crippen molar-refractivity contribution in [1.29, 1.82) is 0 Å². The van der Waals surface area contributed by atoms with Gasteiger partial charge in [0.1, 0.15) is 11.5 Å². The molecule has 0 amide bonds. The highest BCUT2D eigenvalue weighted by molar-refractivity contribution is 9.10. The normalized spacial score (nSPS) is 10.8. The minimum atomic E-state index is 0.278. The Morgan fingerprint density at radius 3 is 2.72 bits per heavy atom. The summed E-state index contributed by atoms with van der Waals surface area (Å²) in [6.07, 6.45) is 2.14. The first-order chi connectivity index (χ1) is 8.72. The van der Waals surface area contributed by atoms with Crippen LogP contribution >= 0.6 is 31.9 Å². The molecule has 2 aromatic rings. The standard InChI is InChI=1S/C14H14Br2O2/c15-7-1-2-8-18-13-6-3-10-9-11(17)4-5-12(10)14(13)16/h3-6,9,17H,1-2,7-8H2. The number of phenolic OH excluding ortho intramolecular Hbond substituents is 1. The summed E-state index contributed by atoms with van der Waals surface area (Å²) in [6.45, 7) is 0.716. The van der Waals surface area contributed by atoms with Crippen LogP contribution in [0.1, 0.15) is 12.8 Å². The number of ether oxygens (including phenoxy) is 1. The fraction of sp³-hybridized carbons (Fsp3) is 0.286. The maximum Gasteiger partial charge on any atom is 0.134 e. The quantitative estimate of drug-likeness (QED) is 0.598. The van der Waals surface area contributed by atoms with Crippen molar-refractivity contribution < 1.29 is 9.84 Å². The Morgan fingerprint density at radius 2 is 1.94 bits per heavy atom. The molecule has 1 N–H and O–H groups in total. The highest BCUT2D eigenvalue weighted by Crippen LogP contribution is 2.34. The number of benzene rings is 2. The fourth-order valence-electron chi connectivity index (χ4n) is 1.75. The molecule has 0 radical (unpaired) electrons. The number of hydrogen-bond acceptors (Lipinski definition) is 2. The van der Waals surface area contributed by atoms with Crippen molar-refractivity contribution in [3.8, 4) is 11.5 Å². The van der Waals surface area contributed by atoms with Gasteiger partial charge in [0.15, 0.2) is 0 Å². The Bertz CT molecular complexity index is 541. The molecule has 0 bridgehead atoms. The Hall–Kier alpha value is -0.740. The molecule has 0 aliphatic carbocycles. The van der Waals surface area contributed by atoms with Gasteiger partial charge in [0.05, 0.1) is 11.1 Å². The van der Waals surface area contributed by atoms with Gasteiger partial charge >= 0.3 is 0 Å². The van der Waals surface area contributed by atoms with Gasteiger partial charge < -0.3 is 9.84 Å². The summed E-state index contributed by atoms with van der Waals surface area (Å²) in [4.78, 5) is 0. The van der Waals surface area contributed by atoms with E-state index in [2.05, 4.69) is 31.9 Å². The predicted octanol–water partition coefficient (Wildman–Crippen LogP) is 4.86. The first-order valence-electron chi connectivity index (χ1n) is 5.82. The summed E-state index contributed by atoms with van der Waals surface area (Å²) in [5.74, 6) is 1.13. The minimum Gasteiger partial charge on any atom is -0.508 e. The molecule has 0 unspecified atom stereocenters. The second-order valence-electron chi connectivity index (χ2n) is 4.03. The summed E-state index contributed by atoms with van der Waals surface area (Å²) >= 11 is 6.96. The van der Waals surface area contributed by atoms with Crippen LogP contribution < -0.4 is 4.74 Å². The van der Waals surface area contributed by atoms with Crippen LogP contribution in [0.3, 0.4) is 0 Å². The van der Waals surface area contributed by atoms with Crippen LogP contribution in [-0.2, 0) is 0 Å². The number of phenols is 1. The van der Waals surface area contributed by atoms with Gasteiger partial charge in [-0.05, 0) is 63.8 Å². The van der Waals surface area contributed by atoms with Gasteiger partial charge in [-0.3, -0.25) is 0 Å². The second kappa shape index (κ2) is 6.43. The van der Waals surface area contributed by atoms with Crippen LogP contribution in [-0.4, -0.2) is 17.0 Å². The molecule has 18 heavy (non-hydrogen) atoms. The van der Waals surface area contributed by atoms with Crippen molar-refractivity contribution in [2.24, 2.45) is 0 Å². The Labute approximate surface area is 123 Å². The van der Waals surface area contributed by atoms with Crippen LogP contribution in [0, 0.1) is 0 Å². The van der Waals surface area contributed by atoms with Crippen molar-refractivity contribution in [1.82, 2.24) is 0 Å². The third-order valence-corrected chi connectivity index (χ3v) is 4.07. The van der Waals surface area contributed by atoms with Gasteiger partial charge in [-0.1, -0.05) is 22.0 Å². The molecule has 96 valence electrons. The lowest BCUT2D eigenvalue weighted by Crippen LogP contribution is -1.98. The molecule has 0 heterocycles. The molecule has 2 aromatic carbocycles. The van der Waals surface area contributed by atoms with Gasteiger partial charge in [0, 0.05) is 5.33 Å². The average Bonchev–Trinajstić information content (AvgIpc) is 2.37. The maximum absolute atomic E-state index is 9.44. The van der Waals surface area contributed by atoms with Gasteiger partial charge in [0.25, 0.3) is 0 Å². The van der Waals surface area contributed by atoms with E-state index in [-0.39, 0.29) is 5.75 Å². The van der Waals surface area contributed by atoms with Crippen molar-refractivity contribution in [3.63, 3.8) is 0 Å². The van der Waals surface area contributed by atoms with E-state index in [0.29, 0.717) is 6.61 Å². The van der Waals surface area contributed by atoms with Crippen molar-refractivity contribution in [2.75, 3.05) is 11.9 Å². The molecule has 0 saturated heterocycles. The summed E-state index contributed by atoms with van der Waals surface area (Å²) in [7, 11) is 0. The van der Waals surface area contributed by atoms with E-state index in [1.54, 1.807) is 12.1 Å². The number of alkyl halides is 1. The molecule has 0 aliphatic rings. The summed E-state index contributed by atoms with van der Waals surface area (Å²) in [6, 6.07) is 9.20. The lowest BCUT2D eigenvalue weighted by Gasteiger charge is -2.10. The van der Waals surface area contributed by atoms with Gasteiger partial charge in [-0.2, -0.15) is 0 Å². The molecule has 2 rings (SSSR count). The molecule has 0 aromatic heterocycles. The largest absolute Gasteiger partial charge is 0.508 e. The lowest BCUT2D eigenvalue weighted by molar-refractivity contribution is 0.308. The van der Waals surface area contributed by atoms with E-state index in [4.69, 9.17) is 4.74 Å². The molecule has 0 aliphatic heterocycles. The molecule has 0 spiro atoms. The summed E-state index contributed by atoms with van der Waals surface area (Å²) in [5, 5.41) is 12.5. The van der Waals surface area contributed by atoms with Crippen LogP contribution in [0.4, 0.5) is 0 Å². The Balaban J connectivity index is 2.19. The van der Waals surface area contributed by atoms with E-state index in [9.17, 15) is 5.11 Å². The summed E-state index contributed by atoms with van der Waals surface area (Å²) < 4.78 is 6.69. The van der Waals surface area contributed by atoms with E-state index >= 15 is 0 Å². The van der Waals surface area contributed by atoms with Crippen molar-refractivity contribution in [3.05, 3.63) is 34.8 Å². The first-order valence-corrected chi connectivity index (χ1v) is 7.74. The van der Waals surface area contributed by atoms with Crippen molar-refractivity contribution >= 4 is 42.6 Å². The van der Waals surface area contributed by atoms with Crippen LogP contribution in [0.2, 0.25) is 0 Å². The smallest absolute Gasteiger partial charge is 0.134 e. The number of hydrogen-bond donors (Lipinski definition) is 1. The number of aromatic hydroxyl groups is 1. The Kier molecular flexibility index (Phi) is 4.89. The highest BCUT2D eigenvalue weighted by Gasteiger charge is 2.06. The second-order valence-corrected chi connectivity index (χ2v) is 5.61. The lowest BCUT2D eigenvalue weighted by atomic mass is 10.1. The SMILES string of the molecule is Oc1ccc2c(Br)c(OCCCCBr)ccc2c1. The molecule has 0 saturated carbocycles. The number of rotatable bonds is 5. The highest BCUT2D eigenvalue weighted by atomic mass is 79.9. The molecule has 2 nitrogen and oxygen atoms in total. The van der Waals surface area contributed by atoms with Crippen LogP contribution in [0.25, 0.3) is 10.8 Å². The predicted molar refractivity (Wildman–Crippen MR) is 81.8 cm³/mol. The molecule has 0 fully saturated rings. The third kappa shape index (κ3) is 3.18. The number of fused-ring (bicyclic) bond motifs is 1. The van der Waals surface area contributed by atoms with Crippen molar-refractivity contribution in [2.45, 2.75) is 12.8 Å². The van der Waals surface area contributed by atoms with E-state index < -0.39 is 0 Å². The molecular formula is C14H14Br2O2. The fourth-order valence-corrected chi connectivity index (χ4v) is 2.75. The molecule has 0 atom stereocenters. The topological polar surface area (TPSA) is 29.5 Å². The number of unbranched alkanes of at least 4 members (excludes halogenated alkanes) is 1. The van der Waals surface area contributed by atoms with Gasteiger partial charge in [-0.25, -0.2) is 0 Å². The first kappa shape index (κ1) is 13.7. The van der Waals surface area contributed by atoms with E-state index in [1.807, 2.05) is 18.2 Å². The molecule has 4 heteroatoms. The zero-order valence-corrected chi connectivity index (χ0v) is 13.0. The zero-order valence-electron chi connectivity index (χ0n) is 9.83. The minimum absolute atomic E-state index is 0.278. The van der Waals surface area contributed by atoms with Gasteiger partial charge in [-0.15, -0.1) is 0 Å². The van der Waals surface area contributed by atoms with Crippen LogP contribution in [0.15, 0.2) is 34.8 Å². The Morgan fingerprint density at radius 1 is 1.11 bits per heavy atom. The summed E-state index contributed by atoms with van der Waals surface area (Å²) in [5.41, 5.74) is 0. The maximum atomic E-state index is 9.44. The number of halogens is 2. The molecular weight excluding hydrogens is 360 g/mol. The van der Waals surface area contributed by atoms with Gasteiger partial charge in [0.2, 0.25) is 0 Å². The van der Waals surface area contributed by atoms with E-state index in [1.165, 1.54) is 0 Å².